The van der Waals surface area contributed by atoms with Crippen molar-refractivity contribution in [1.82, 2.24) is 0 Å². The molecule has 0 unspecified atom stereocenters. The average molecular weight is 367 g/mol. The van der Waals surface area contributed by atoms with Gasteiger partial charge in [-0.3, -0.25) is 0 Å². The Hall–Kier alpha value is -1.91. The van der Waals surface area contributed by atoms with Crippen molar-refractivity contribution in [3.63, 3.8) is 0 Å². The van der Waals surface area contributed by atoms with E-state index >= 15 is 0 Å². The fourth-order valence-electron chi connectivity index (χ4n) is 3.62. The third-order valence-corrected chi connectivity index (χ3v) is 5.45. The minimum atomic E-state index is 0.715. The molecule has 0 N–H and O–H groups in total. The average Bonchev–Trinajstić information content (AvgIpc) is 2.68. The van der Waals surface area contributed by atoms with E-state index in [1.165, 1.54) is 38.5 Å². The van der Waals surface area contributed by atoms with E-state index in [9.17, 15) is 0 Å². The van der Waals surface area contributed by atoms with Crippen molar-refractivity contribution in [2.75, 3.05) is 6.61 Å². The molecular formula is C24H27ClO. The normalized spacial score (nSPS) is 19.5. The first-order valence-corrected chi connectivity index (χ1v) is 10.1. The number of ether oxygens (including phenoxy) is 1. The second-order valence-electron chi connectivity index (χ2n) is 7.27. The van der Waals surface area contributed by atoms with E-state index in [-0.39, 0.29) is 0 Å². The zero-order valence-electron chi connectivity index (χ0n) is 15.5. The van der Waals surface area contributed by atoms with Gasteiger partial charge in [-0.15, -0.1) is 0 Å². The molecule has 0 aromatic heterocycles. The largest absolute Gasteiger partial charge is 0.493 e. The van der Waals surface area contributed by atoms with Gasteiger partial charge < -0.3 is 4.74 Å². The molecule has 1 aliphatic carbocycles. The molecule has 0 bridgehead atoms. The van der Waals surface area contributed by atoms with Crippen molar-refractivity contribution in [3.05, 3.63) is 64.7 Å². The summed E-state index contributed by atoms with van der Waals surface area (Å²) in [6.07, 6.45) is 8.10. The van der Waals surface area contributed by atoms with Gasteiger partial charge in [0.1, 0.15) is 5.75 Å². The summed E-state index contributed by atoms with van der Waals surface area (Å²) in [7, 11) is 0. The van der Waals surface area contributed by atoms with Crippen molar-refractivity contribution in [2.24, 2.45) is 11.8 Å². The first kappa shape index (κ1) is 18.9. The van der Waals surface area contributed by atoms with Gasteiger partial charge in [0.2, 0.25) is 0 Å². The summed E-state index contributed by atoms with van der Waals surface area (Å²) in [5.74, 6) is 8.95. The SMILES string of the molecule is CCCC1CCC(COc2ccc(C#Cc3ccc(Cl)cc3)cc2)CC1. The van der Waals surface area contributed by atoms with Crippen molar-refractivity contribution in [1.29, 1.82) is 0 Å². The Balaban J connectivity index is 1.47. The molecule has 0 radical (unpaired) electrons. The van der Waals surface area contributed by atoms with Gasteiger partial charge in [-0.25, -0.2) is 0 Å². The number of halogens is 1. The van der Waals surface area contributed by atoms with Crippen LogP contribution in [0.3, 0.4) is 0 Å². The highest BCUT2D eigenvalue weighted by molar-refractivity contribution is 6.30. The lowest BCUT2D eigenvalue weighted by Gasteiger charge is -2.28. The number of rotatable bonds is 5. The molecule has 0 amide bonds. The van der Waals surface area contributed by atoms with Gasteiger partial charge in [-0.05, 0) is 73.2 Å². The standard InChI is InChI=1S/C24H27ClO/c1-2-3-19-6-8-22(9-7-19)18-26-24-16-12-21(13-17-24)5-4-20-10-14-23(25)15-11-20/h10-17,19,22H,2-3,6-9,18H2,1H3. The van der Waals surface area contributed by atoms with Crippen LogP contribution in [0.2, 0.25) is 5.02 Å². The lowest BCUT2D eigenvalue weighted by Crippen LogP contribution is -2.20. The van der Waals surface area contributed by atoms with Crippen LogP contribution in [0.4, 0.5) is 0 Å². The number of benzene rings is 2. The van der Waals surface area contributed by atoms with Gasteiger partial charge >= 0.3 is 0 Å². The maximum absolute atomic E-state index is 6.01. The highest BCUT2D eigenvalue weighted by Gasteiger charge is 2.20. The number of hydrogen-bond acceptors (Lipinski definition) is 1. The van der Waals surface area contributed by atoms with Gasteiger partial charge in [0.05, 0.1) is 6.61 Å². The Morgan fingerprint density at radius 3 is 1.96 bits per heavy atom. The van der Waals surface area contributed by atoms with E-state index in [1.807, 2.05) is 48.5 Å². The van der Waals surface area contributed by atoms with Gasteiger partial charge in [-0.2, -0.15) is 0 Å². The Morgan fingerprint density at radius 2 is 1.38 bits per heavy atom. The van der Waals surface area contributed by atoms with Crippen LogP contribution in [0.15, 0.2) is 48.5 Å². The third-order valence-electron chi connectivity index (χ3n) is 5.20. The first-order valence-electron chi connectivity index (χ1n) is 9.73. The summed E-state index contributed by atoms with van der Waals surface area (Å²) in [5.41, 5.74) is 1.96. The zero-order chi connectivity index (χ0) is 18.2. The molecule has 0 saturated heterocycles. The fraction of sp³-hybridized carbons (Fsp3) is 0.417. The highest BCUT2D eigenvalue weighted by atomic mass is 35.5. The molecule has 26 heavy (non-hydrogen) atoms. The van der Waals surface area contributed by atoms with E-state index < -0.39 is 0 Å². The summed E-state index contributed by atoms with van der Waals surface area (Å²) < 4.78 is 6.01. The maximum atomic E-state index is 6.01. The second-order valence-corrected chi connectivity index (χ2v) is 7.70. The van der Waals surface area contributed by atoms with E-state index in [0.717, 1.165) is 34.4 Å². The highest BCUT2D eigenvalue weighted by Crippen LogP contribution is 2.31. The minimum Gasteiger partial charge on any atom is -0.493 e. The van der Waals surface area contributed by atoms with E-state index in [2.05, 4.69) is 18.8 Å². The van der Waals surface area contributed by atoms with Crippen LogP contribution >= 0.6 is 11.6 Å². The zero-order valence-corrected chi connectivity index (χ0v) is 16.3. The minimum absolute atomic E-state index is 0.715. The van der Waals surface area contributed by atoms with Crippen molar-refractivity contribution in [2.45, 2.75) is 45.4 Å². The Labute approximate surface area is 162 Å². The quantitative estimate of drug-likeness (QED) is 0.533. The van der Waals surface area contributed by atoms with Gasteiger partial charge in [-0.1, -0.05) is 56.0 Å². The van der Waals surface area contributed by atoms with Crippen LogP contribution in [0.25, 0.3) is 0 Å². The van der Waals surface area contributed by atoms with Crippen LogP contribution in [0.1, 0.15) is 56.6 Å². The summed E-state index contributed by atoms with van der Waals surface area (Å²) in [6, 6.07) is 15.7. The third kappa shape index (κ3) is 5.82. The smallest absolute Gasteiger partial charge is 0.119 e. The molecule has 2 heteroatoms. The Kier molecular flexibility index (Phi) is 7.04. The second kappa shape index (κ2) is 9.70. The van der Waals surface area contributed by atoms with Crippen LogP contribution in [0.5, 0.6) is 5.75 Å². The van der Waals surface area contributed by atoms with E-state index in [1.54, 1.807) is 0 Å². The molecule has 0 heterocycles. The van der Waals surface area contributed by atoms with E-state index in [4.69, 9.17) is 16.3 Å². The van der Waals surface area contributed by atoms with E-state index in [0.29, 0.717) is 5.92 Å². The van der Waals surface area contributed by atoms with Crippen LogP contribution in [-0.4, -0.2) is 6.61 Å². The molecule has 1 nitrogen and oxygen atoms in total. The Bertz CT molecular complexity index is 729. The topological polar surface area (TPSA) is 9.23 Å². The lowest BCUT2D eigenvalue weighted by molar-refractivity contribution is 0.178. The molecule has 136 valence electrons. The first-order chi connectivity index (χ1) is 12.7. The monoisotopic (exact) mass is 366 g/mol. The molecular weight excluding hydrogens is 340 g/mol. The molecule has 2 aromatic rings. The molecule has 0 aliphatic heterocycles. The molecule has 3 rings (SSSR count). The molecule has 1 saturated carbocycles. The predicted molar refractivity (Wildman–Crippen MR) is 110 cm³/mol. The van der Waals surface area contributed by atoms with Gasteiger partial charge in [0.15, 0.2) is 0 Å². The van der Waals surface area contributed by atoms with Crippen LogP contribution in [-0.2, 0) is 0 Å². The van der Waals surface area contributed by atoms with Crippen molar-refractivity contribution >= 4 is 11.6 Å². The molecule has 0 spiro atoms. The summed E-state index contributed by atoms with van der Waals surface area (Å²) in [5, 5.41) is 0.732. The van der Waals surface area contributed by atoms with Gasteiger partial charge in [0, 0.05) is 16.1 Å². The molecule has 1 fully saturated rings. The van der Waals surface area contributed by atoms with Crippen molar-refractivity contribution < 1.29 is 4.74 Å². The van der Waals surface area contributed by atoms with Crippen LogP contribution < -0.4 is 4.74 Å². The molecule has 0 atom stereocenters. The molecule has 1 aliphatic rings. The Morgan fingerprint density at radius 1 is 0.846 bits per heavy atom. The fourth-order valence-corrected chi connectivity index (χ4v) is 3.75. The lowest BCUT2D eigenvalue weighted by atomic mass is 9.80. The van der Waals surface area contributed by atoms with Crippen LogP contribution in [0, 0.1) is 23.7 Å². The molecule has 2 aromatic carbocycles. The van der Waals surface area contributed by atoms with Crippen molar-refractivity contribution in [3.8, 4) is 17.6 Å². The summed E-state index contributed by atoms with van der Waals surface area (Å²) in [6.45, 7) is 3.13. The maximum Gasteiger partial charge on any atom is 0.119 e. The summed E-state index contributed by atoms with van der Waals surface area (Å²) >= 11 is 5.89. The predicted octanol–water partition coefficient (Wildman–Crippen LogP) is 6.73. The summed E-state index contributed by atoms with van der Waals surface area (Å²) in [4.78, 5) is 0. The van der Waals surface area contributed by atoms with Gasteiger partial charge in [0.25, 0.3) is 0 Å². The number of hydrogen-bond donors (Lipinski definition) is 0.